The van der Waals surface area contributed by atoms with E-state index in [9.17, 15) is 13.2 Å². The van der Waals surface area contributed by atoms with E-state index in [0.717, 1.165) is 5.56 Å². The van der Waals surface area contributed by atoms with Gasteiger partial charge in [-0.05, 0) is 36.2 Å². The molecule has 0 aliphatic carbocycles. The van der Waals surface area contributed by atoms with E-state index in [4.69, 9.17) is 9.47 Å². The number of amides is 1. The molecule has 0 saturated carbocycles. The van der Waals surface area contributed by atoms with Crippen molar-refractivity contribution in [1.29, 1.82) is 0 Å². The van der Waals surface area contributed by atoms with Crippen molar-refractivity contribution >= 4 is 21.6 Å². The summed E-state index contributed by atoms with van der Waals surface area (Å²) in [6.45, 7) is 0.900. The molecule has 0 fully saturated rings. The molecular formula is C23H22N2O5S. The van der Waals surface area contributed by atoms with Crippen LogP contribution < -0.4 is 19.5 Å². The Morgan fingerprint density at radius 3 is 2.23 bits per heavy atom. The largest absolute Gasteiger partial charge is 0.486 e. The zero-order valence-corrected chi connectivity index (χ0v) is 17.5. The molecule has 1 aliphatic rings. The lowest BCUT2D eigenvalue weighted by Gasteiger charge is -2.21. The van der Waals surface area contributed by atoms with Gasteiger partial charge in [-0.3, -0.25) is 4.79 Å². The molecule has 0 radical (unpaired) electrons. The summed E-state index contributed by atoms with van der Waals surface area (Å²) in [5, 5.41) is 2.79. The fourth-order valence-electron chi connectivity index (χ4n) is 3.24. The van der Waals surface area contributed by atoms with Crippen LogP contribution in [0.15, 0.2) is 83.8 Å². The Morgan fingerprint density at radius 1 is 0.871 bits per heavy atom. The summed E-state index contributed by atoms with van der Waals surface area (Å²) in [5.41, 5.74) is 1.33. The molecule has 2 N–H and O–H groups in total. The summed E-state index contributed by atoms with van der Waals surface area (Å²) in [6.07, 6.45) is 0.198. The highest BCUT2D eigenvalue weighted by Gasteiger charge is 2.26. The summed E-state index contributed by atoms with van der Waals surface area (Å²) in [7, 11) is -3.89. The quantitative estimate of drug-likeness (QED) is 0.592. The Morgan fingerprint density at radius 2 is 1.52 bits per heavy atom. The van der Waals surface area contributed by atoms with Crippen LogP contribution >= 0.6 is 0 Å². The molecule has 31 heavy (non-hydrogen) atoms. The number of fused-ring (bicyclic) bond motifs is 1. The minimum absolute atomic E-state index is 0.0974. The van der Waals surface area contributed by atoms with Crippen LogP contribution in [0.25, 0.3) is 0 Å². The third-order valence-electron chi connectivity index (χ3n) is 4.76. The molecule has 1 aliphatic heterocycles. The summed E-state index contributed by atoms with van der Waals surface area (Å²) >= 11 is 0. The summed E-state index contributed by atoms with van der Waals surface area (Å²) in [6, 6.07) is 21.3. The first-order valence-corrected chi connectivity index (χ1v) is 11.3. The van der Waals surface area contributed by atoms with Crippen molar-refractivity contribution in [3.63, 3.8) is 0 Å². The highest BCUT2D eigenvalue weighted by molar-refractivity contribution is 7.89. The van der Waals surface area contributed by atoms with Crippen molar-refractivity contribution in [2.75, 3.05) is 18.5 Å². The van der Waals surface area contributed by atoms with Gasteiger partial charge in [0.2, 0.25) is 15.9 Å². The topological polar surface area (TPSA) is 93.7 Å². The molecule has 0 saturated heterocycles. The molecule has 1 atom stereocenters. The molecule has 0 spiro atoms. The van der Waals surface area contributed by atoms with Crippen LogP contribution in [0.4, 0.5) is 5.69 Å². The second kappa shape index (κ2) is 9.20. The smallest absolute Gasteiger partial charge is 0.242 e. The first-order valence-electron chi connectivity index (χ1n) is 9.83. The third-order valence-corrected chi connectivity index (χ3v) is 6.25. The average molecular weight is 439 g/mol. The van der Waals surface area contributed by atoms with Crippen LogP contribution in [0.3, 0.4) is 0 Å². The molecule has 1 heterocycles. The normalized spacial score (nSPS) is 13.9. The van der Waals surface area contributed by atoms with E-state index in [0.29, 0.717) is 30.4 Å². The van der Waals surface area contributed by atoms with Gasteiger partial charge < -0.3 is 14.8 Å². The van der Waals surface area contributed by atoms with Crippen molar-refractivity contribution in [3.05, 3.63) is 84.4 Å². The van der Waals surface area contributed by atoms with Crippen molar-refractivity contribution in [1.82, 2.24) is 4.72 Å². The highest BCUT2D eigenvalue weighted by Crippen LogP contribution is 2.32. The number of carbonyl (C=O) groups is 1. The summed E-state index contributed by atoms with van der Waals surface area (Å²) < 4.78 is 39.3. The number of anilines is 1. The maximum Gasteiger partial charge on any atom is 0.242 e. The number of hydrogen-bond donors (Lipinski definition) is 2. The first kappa shape index (κ1) is 20.9. The Hall–Kier alpha value is -3.36. The number of nitrogens with one attached hydrogen (secondary N) is 2. The van der Waals surface area contributed by atoms with Crippen LogP contribution in [-0.2, 0) is 21.2 Å². The Bertz CT molecular complexity index is 1150. The summed E-state index contributed by atoms with van der Waals surface area (Å²) in [5.74, 6) is 0.670. The Balaban J connectivity index is 1.57. The molecule has 1 amide bonds. The van der Waals surface area contributed by atoms with E-state index in [-0.39, 0.29) is 11.3 Å². The Labute approximate surface area is 181 Å². The molecule has 3 aromatic rings. The molecule has 0 bridgehead atoms. The maximum absolute atomic E-state index is 13.1. The minimum Gasteiger partial charge on any atom is -0.486 e. The number of ether oxygens (including phenoxy) is 2. The summed E-state index contributed by atoms with van der Waals surface area (Å²) in [4.78, 5) is 13.2. The van der Waals surface area contributed by atoms with Gasteiger partial charge >= 0.3 is 0 Å². The lowest BCUT2D eigenvalue weighted by atomic mass is 10.1. The van der Waals surface area contributed by atoms with Gasteiger partial charge in [-0.25, -0.2) is 8.42 Å². The molecule has 4 rings (SSSR count). The number of benzene rings is 3. The van der Waals surface area contributed by atoms with Crippen molar-refractivity contribution in [2.45, 2.75) is 17.4 Å². The molecule has 8 heteroatoms. The van der Waals surface area contributed by atoms with Gasteiger partial charge in [0.25, 0.3) is 0 Å². The molecule has 3 aromatic carbocycles. The van der Waals surface area contributed by atoms with Gasteiger partial charge in [-0.2, -0.15) is 4.72 Å². The predicted molar refractivity (Wildman–Crippen MR) is 117 cm³/mol. The van der Waals surface area contributed by atoms with Crippen LogP contribution in [0.5, 0.6) is 11.5 Å². The predicted octanol–water partition coefficient (Wildman–Crippen LogP) is 2.99. The zero-order chi connectivity index (χ0) is 21.7. The minimum atomic E-state index is -3.89. The number of carbonyl (C=O) groups excluding carboxylic acids is 1. The monoisotopic (exact) mass is 438 g/mol. The second-order valence-corrected chi connectivity index (χ2v) is 8.74. The average Bonchev–Trinajstić information content (AvgIpc) is 2.80. The number of sulfonamides is 1. The second-order valence-electron chi connectivity index (χ2n) is 7.02. The van der Waals surface area contributed by atoms with Gasteiger partial charge in [-0.15, -0.1) is 0 Å². The molecular weight excluding hydrogens is 416 g/mol. The van der Waals surface area contributed by atoms with E-state index < -0.39 is 22.0 Å². The first-order chi connectivity index (χ1) is 15.0. The maximum atomic E-state index is 13.1. The SMILES string of the molecule is O=C(Nc1ccc2c(c1)OCCO2)[C@H](Cc1ccccc1)NS(=O)(=O)c1ccccc1. The molecule has 0 aromatic heterocycles. The number of rotatable bonds is 7. The van der Waals surface area contributed by atoms with E-state index in [1.807, 2.05) is 30.3 Å². The third kappa shape index (κ3) is 5.22. The lowest BCUT2D eigenvalue weighted by Crippen LogP contribution is -2.45. The lowest BCUT2D eigenvalue weighted by molar-refractivity contribution is -0.117. The van der Waals surface area contributed by atoms with Crippen LogP contribution in [0.1, 0.15) is 5.56 Å². The van der Waals surface area contributed by atoms with Crippen molar-refractivity contribution in [2.24, 2.45) is 0 Å². The van der Waals surface area contributed by atoms with Crippen LogP contribution in [0, 0.1) is 0 Å². The van der Waals surface area contributed by atoms with Gasteiger partial charge in [0.1, 0.15) is 19.3 Å². The van der Waals surface area contributed by atoms with E-state index >= 15 is 0 Å². The number of hydrogen-bond acceptors (Lipinski definition) is 5. The van der Waals surface area contributed by atoms with Crippen LogP contribution in [0.2, 0.25) is 0 Å². The van der Waals surface area contributed by atoms with E-state index in [1.165, 1.54) is 12.1 Å². The van der Waals surface area contributed by atoms with Crippen LogP contribution in [-0.4, -0.2) is 33.6 Å². The zero-order valence-electron chi connectivity index (χ0n) is 16.7. The highest BCUT2D eigenvalue weighted by atomic mass is 32.2. The molecule has 0 unspecified atom stereocenters. The van der Waals surface area contributed by atoms with Gasteiger partial charge in [0.05, 0.1) is 4.90 Å². The van der Waals surface area contributed by atoms with Crippen molar-refractivity contribution < 1.29 is 22.7 Å². The molecule has 160 valence electrons. The standard InChI is InChI=1S/C23H22N2O5S/c26-23(24-18-11-12-21-22(16-18)30-14-13-29-21)20(15-17-7-3-1-4-8-17)25-31(27,28)19-9-5-2-6-10-19/h1-12,16,20,25H,13-15H2,(H,24,26)/t20-/m0/s1. The fourth-order valence-corrected chi connectivity index (χ4v) is 4.46. The fraction of sp³-hybridized carbons (Fsp3) is 0.174. The Kier molecular flexibility index (Phi) is 6.20. The van der Waals surface area contributed by atoms with Crippen molar-refractivity contribution in [3.8, 4) is 11.5 Å². The van der Waals surface area contributed by atoms with E-state index in [1.54, 1.807) is 36.4 Å². The van der Waals surface area contributed by atoms with E-state index in [2.05, 4.69) is 10.0 Å². The van der Waals surface area contributed by atoms with Gasteiger partial charge in [0, 0.05) is 11.8 Å². The van der Waals surface area contributed by atoms with Gasteiger partial charge in [0.15, 0.2) is 11.5 Å². The molecule has 7 nitrogen and oxygen atoms in total. The van der Waals surface area contributed by atoms with Gasteiger partial charge in [-0.1, -0.05) is 48.5 Å².